The summed E-state index contributed by atoms with van der Waals surface area (Å²) in [6.45, 7) is 5.49. The van der Waals surface area contributed by atoms with Crippen molar-refractivity contribution in [3.8, 4) is 0 Å². The lowest BCUT2D eigenvalue weighted by Crippen LogP contribution is -2.46. The summed E-state index contributed by atoms with van der Waals surface area (Å²) in [5.74, 6) is 0.00417. The van der Waals surface area contributed by atoms with Crippen LogP contribution in [0.5, 0.6) is 0 Å². The van der Waals surface area contributed by atoms with Gasteiger partial charge in [0.15, 0.2) is 5.69 Å². The Morgan fingerprint density at radius 2 is 1.83 bits per heavy atom. The molecule has 1 aliphatic heterocycles. The van der Waals surface area contributed by atoms with Crippen LogP contribution in [0.15, 0.2) is 59.2 Å². The van der Waals surface area contributed by atoms with Crippen LogP contribution in [0.1, 0.15) is 21.9 Å². The number of hydrogen-bond acceptors (Lipinski definition) is 5. The smallest absolute Gasteiger partial charge is 0.277 e. The van der Waals surface area contributed by atoms with Crippen LogP contribution in [0.25, 0.3) is 0 Å². The SMILES string of the molecule is Cc1ccc(NC(=O)c2coc(CN3CCN(c4ccccc4F)CC3)n2)cc1. The summed E-state index contributed by atoms with van der Waals surface area (Å²) in [5, 5.41) is 2.81. The maximum Gasteiger partial charge on any atom is 0.277 e. The first-order chi connectivity index (χ1) is 14.1. The van der Waals surface area contributed by atoms with Gasteiger partial charge < -0.3 is 14.6 Å². The van der Waals surface area contributed by atoms with E-state index in [4.69, 9.17) is 4.42 Å². The second-order valence-electron chi connectivity index (χ2n) is 7.16. The number of nitrogens with zero attached hydrogens (tertiary/aromatic N) is 3. The van der Waals surface area contributed by atoms with Crippen LogP contribution in [-0.2, 0) is 6.54 Å². The first kappa shape index (κ1) is 19.1. The number of aryl methyl sites for hydroxylation is 1. The minimum absolute atomic E-state index is 0.196. The Hall–Kier alpha value is -3.19. The van der Waals surface area contributed by atoms with Crippen LogP contribution in [-0.4, -0.2) is 42.0 Å². The van der Waals surface area contributed by atoms with Gasteiger partial charge in [0.1, 0.15) is 12.1 Å². The zero-order valence-corrected chi connectivity index (χ0v) is 16.3. The molecule has 1 saturated heterocycles. The van der Waals surface area contributed by atoms with Crippen molar-refractivity contribution in [1.82, 2.24) is 9.88 Å². The average molecular weight is 394 g/mol. The topological polar surface area (TPSA) is 61.6 Å². The number of rotatable bonds is 5. The average Bonchev–Trinajstić information content (AvgIpc) is 3.19. The van der Waals surface area contributed by atoms with Gasteiger partial charge in [-0.1, -0.05) is 29.8 Å². The molecular formula is C22H23FN4O2. The van der Waals surface area contributed by atoms with Crippen LogP contribution in [0.4, 0.5) is 15.8 Å². The van der Waals surface area contributed by atoms with Crippen molar-refractivity contribution in [3.05, 3.63) is 77.8 Å². The van der Waals surface area contributed by atoms with E-state index in [-0.39, 0.29) is 17.4 Å². The molecule has 150 valence electrons. The number of hydrogen-bond donors (Lipinski definition) is 1. The molecule has 1 aromatic heterocycles. The molecule has 4 rings (SSSR count). The number of oxazole rings is 1. The minimum atomic E-state index is -0.298. The van der Waals surface area contributed by atoms with E-state index in [0.717, 1.165) is 37.4 Å². The monoisotopic (exact) mass is 394 g/mol. The Morgan fingerprint density at radius 3 is 2.55 bits per heavy atom. The highest BCUT2D eigenvalue weighted by Crippen LogP contribution is 2.21. The number of aromatic nitrogens is 1. The van der Waals surface area contributed by atoms with Gasteiger partial charge in [0.05, 0.1) is 12.2 Å². The molecule has 1 aliphatic rings. The van der Waals surface area contributed by atoms with E-state index in [9.17, 15) is 9.18 Å². The highest BCUT2D eigenvalue weighted by Gasteiger charge is 2.21. The van der Waals surface area contributed by atoms with Crippen LogP contribution < -0.4 is 10.2 Å². The van der Waals surface area contributed by atoms with Gasteiger partial charge in [-0.25, -0.2) is 9.37 Å². The fourth-order valence-electron chi connectivity index (χ4n) is 3.37. The first-order valence-electron chi connectivity index (χ1n) is 9.63. The van der Waals surface area contributed by atoms with Crippen molar-refractivity contribution in [2.24, 2.45) is 0 Å². The number of piperazine rings is 1. The van der Waals surface area contributed by atoms with E-state index >= 15 is 0 Å². The Balaban J connectivity index is 1.31. The Labute approximate surface area is 169 Å². The van der Waals surface area contributed by atoms with Crippen molar-refractivity contribution in [2.45, 2.75) is 13.5 Å². The number of anilines is 2. The summed E-state index contributed by atoms with van der Waals surface area (Å²) in [5.41, 5.74) is 2.74. The largest absolute Gasteiger partial charge is 0.447 e. The van der Waals surface area contributed by atoms with Gasteiger partial charge in [0.25, 0.3) is 5.91 Å². The highest BCUT2D eigenvalue weighted by molar-refractivity contribution is 6.02. The molecule has 3 aromatic rings. The third-order valence-electron chi connectivity index (χ3n) is 5.02. The molecule has 6 nitrogen and oxygen atoms in total. The lowest BCUT2D eigenvalue weighted by atomic mass is 10.2. The molecule has 0 aliphatic carbocycles. The zero-order valence-electron chi connectivity index (χ0n) is 16.3. The second-order valence-corrected chi connectivity index (χ2v) is 7.16. The van der Waals surface area contributed by atoms with Crippen molar-refractivity contribution < 1.29 is 13.6 Å². The highest BCUT2D eigenvalue weighted by atomic mass is 19.1. The molecular weight excluding hydrogens is 371 g/mol. The number of amides is 1. The minimum Gasteiger partial charge on any atom is -0.447 e. The number of benzene rings is 2. The second kappa shape index (κ2) is 8.45. The first-order valence-corrected chi connectivity index (χ1v) is 9.63. The molecule has 2 heterocycles. The third kappa shape index (κ3) is 4.63. The molecule has 0 spiro atoms. The molecule has 1 N–H and O–H groups in total. The van der Waals surface area contributed by atoms with E-state index in [1.165, 1.54) is 12.3 Å². The van der Waals surface area contributed by atoms with Gasteiger partial charge in [-0.2, -0.15) is 0 Å². The van der Waals surface area contributed by atoms with E-state index in [2.05, 4.69) is 15.2 Å². The summed E-state index contributed by atoms with van der Waals surface area (Å²) < 4.78 is 19.4. The van der Waals surface area contributed by atoms with E-state index in [1.54, 1.807) is 12.1 Å². The predicted molar refractivity (Wildman–Crippen MR) is 110 cm³/mol. The molecule has 1 amide bonds. The summed E-state index contributed by atoms with van der Waals surface area (Å²) in [7, 11) is 0. The fraction of sp³-hybridized carbons (Fsp3) is 0.273. The Bertz CT molecular complexity index is 978. The van der Waals surface area contributed by atoms with Gasteiger partial charge in [-0.15, -0.1) is 0 Å². The van der Waals surface area contributed by atoms with Crippen molar-refractivity contribution >= 4 is 17.3 Å². The normalized spacial score (nSPS) is 14.8. The van der Waals surface area contributed by atoms with E-state index < -0.39 is 0 Å². The maximum atomic E-state index is 14.0. The molecule has 0 radical (unpaired) electrons. The summed E-state index contributed by atoms with van der Waals surface area (Å²) in [6, 6.07) is 14.4. The van der Waals surface area contributed by atoms with E-state index in [0.29, 0.717) is 18.1 Å². The van der Waals surface area contributed by atoms with E-state index in [1.807, 2.05) is 42.2 Å². The van der Waals surface area contributed by atoms with Crippen LogP contribution >= 0.6 is 0 Å². The van der Waals surface area contributed by atoms with Gasteiger partial charge >= 0.3 is 0 Å². The quantitative estimate of drug-likeness (QED) is 0.715. The number of carbonyl (C=O) groups excluding carboxylic acids is 1. The van der Waals surface area contributed by atoms with Crippen LogP contribution in [0.3, 0.4) is 0 Å². The molecule has 0 bridgehead atoms. The molecule has 29 heavy (non-hydrogen) atoms. The molecule has 0 unspecified atom stereocenters. The summed E-state index contributed by atoms with van der Waals surface area (Å²) in [6.07, 6.45) is 1.38. The zero-order chi connectivity index (χ0) is 20.2. The number of nitrogens with one attached hydrogen (secondary N) is 1. The number of carbonyl (C=O) groups is 1. The van der Waals surface area contributed by atoms with Crippen molar-refractivity contribution in [2.75, 3.05) is 36.4 Å². The Morgan fingerprint density at radius 1 is 1.10 bits per heavy atom. The third-order valence-corrected chi connectivity index (χ3v) is 5.02. The summed E-state index contributed by atoms with van der Waals surface area (Å²) in [4.78, 5) is 20.9. The molecule has 2 aromatic carbocycles. The van der Waals surface area contributed by atoms with Crippen LogP contribution in [0, 0.1) is 12.7 Å². The van der Waals surface area contributed by atoms with Gasteiger partial charge in [0, 0.05) is 31.9 Å². The summed E-state index contributed by atoms with van der Waals surface area (Å²) >= 11 is 0. The molecule has 1 fully saturated rings. The lowest BCUT2D eigenvalue weighted by molar-refractivity contribution is 0.102. The number of para-hydroxylation sites is 1. The van der Waals surface area contributed by atoms with Crippen molar-refractivity contribution in [3.63, 3.8) is 0 Å². The molecule has 0 atom stereocenters. The Kier molecular flexibility index (Phi) is 5.57. The van der Waals surface area contributed by atoms with Crippen molar-refractivity contribution in [1.29, 1.82) is 0 Å². The predicted octanol–water partition coefficient (Wildman–Crippen LogP) is 3.70. The molecule has 7 heteroatoms. The van der Waals surface area contributed by atoms with Gasteiger partial charge in [-0.05, 0) is 31.2 Å². The fourth-order valence-corrected chi connectivity index (χ4v) is 3.37. The molecule has 0 saturated carbocycles. The standard InChI is InChI=1S/C22H23FN4O2/c1-16-6-8-17(9-7-16)24-22(28)19-15-29-21(25-19)14-26-10-12-27(13-11-26)20-5-3-2-4-18(20)23/h2-9,15H,10-14H2,1H3,(H,24,28). The van der Waals surface area contributed by atoms with Gasteiger partial charge in [-0.3, -0.25) is 9.69 Å². The van der Waals surface area contributed by atoms with Gasteiger partial charge in [0.2, 0.25) is 5.89 Å². The maximum absolute atomic E-state index is 14.0. The lowest BCUT2D eigenvalue weighted by Gasteiger charge is -2.35. The van der Waals surface area contributed by atoms with Crippen LogP contribution in [0.2, 0.25) is 0 Å². The number of halogens is 1.